The van der Waals surface area contributed by atoms with Gasteiger partial charge in [-0.25, -0.2) is 9.48 Å². The first-order valence-corrected chi connectivity index (χ1v) is 10.5. The van der Waals surface area contributed by atoms with Crippen molar-refractivity contribution in [1.82, 2.24) is 24.5 Å². The van der Waals surface area contributed by atoms with Crippen molar-refractivity contribution in [2.24, 2.45) is 0 Å². The Kier molecular flexibility index (Phi) is 6.15. The molecule has 0 radical (unpaired) electrons. The van der Waals surface area contributed by atoms with Crippen LogP contribution in [-0.2, 0) is 4.74 Å². The van der Waals surface area contributed by atoms with Gasteiger partial charge >= 0.3 is 5.97 Å². The van der Waals surface area contributed by atoms with Crippen molar-refractivity contribution in [3.8, 4) is 5.69 Å². The van der Waals surface area contributed by atoms with Crippen molar-refractivity contribution < 1.29 is 14.3 Å². The highest BCUT2D eigenvalue weighted by molar-refractivity contribution is 5.96. The fraction of sp³-hybridized carbons (Fsp3) is 0.500. The first kappa shape index (κ1) is 20.6. The van der Waals surface area contributed by atoms with Crippen molar-refractivity contribution in [3.63, 3.8) is 0 Å². The molecule has 3 heterocycles. The third kappa shape index (κ3) is 4.24. The smallest absolute Gasteiger partial charge is 0.358 e. The summed E-state index contributed by atoms with van der Waals surface area (Å²) in [6.07, 6.45) is 2.45. The first-order valence-electron chi connectivity index (χ1n) is 10.5. The number of rotatable bonds is 4. The number of likely N-dealkylation sites (N-methyl/N-ethyl adjacent to an activating group) is 1. The van der Waals surface area contributed by atoms with E-state index in [1.54, 1.807) is 0 Å². The van der Waals surface area contributed by atoms with Gasteiger partial charge in [-0.15, -0.1) is 0 Å². The lowest BCUT2D eigenvalue weighted by Gasteiger charge is -2.42. The number of piperazine rings is 1. The molecule has 1 aromatic heterocycles. The van der Waals surface area contributed by atoms with Crippen molar-refractivity contribution in [2.75, 3.05) is 53.4 Å². The lowest BCUT2D eigenvalue weighted by atomic mass is 10.0. The van der Waals surface area contributed by atoms with Crippen LogP contribution in [-0.4, -0.2) is 95.8 Å². The molecule has 2 aliphatic rings. The molecule has 0 aliphatic carbocycles. The minimum atomic E-state index is -0.551. The third-order valence-corrected chi connectivity index (χ3v) is 6.04. The molecule has 0 spiro atoms. The van der Waals surface area contributed by atoms with E-state index >= 15 is 0 Å². The number of hydrogen-bond acceptors (Lipinski definition) is 6. The molecule has 30 heavy (non-hydrogen) atoms. The van der Waals surface area contributed by atoms with Crippen molar-refractivity contribution >= 4 is 11.9 Å². The Bertz CT molecular complexity index is 889. The number of esters is 1. The Hall–Kier alpha value is -2.71. The summed E-state index contributed by atoms with van der Waals surface area (Å²) in [5.41, 5.74) is 1.25. The average Bonchev–Trinajstić information content (AvgIpc) is 3.24. The van der Waals surface area contributed by atoms with Gasteiger partial charge in [0.15, 0.2) is 5.69 Å². The molecule has 2 fully saturated rings. The van der Waals surface area contributed by atoms with Crippen molar-refractivity contribution in [3.05, 3.63) is 47.8 Å². The summed E-state index contributed by atoms with van der Waals surface area (Å²) in [6, 6.07) is 11.5. The normalized spacial score (nSPS) is 20.9. The monoisotopic (exact) mass is 411 g/mol. The third-order valence-electron chi connectivity index (χ3n) is 6.04. The summed E-state index contributed by atoms with van der Waals surface area (Å²) < 4.78 is 6.34. The number of para-hydroxylation sites is 1. The second kappa shape index (κ2) is 8.97. The standard InChI is InChI=1S/C22H29N5O3/c1-24-10-6-9-18(16-24)25-11-13-26(14-12-25)21(28)20-15-19(22(29)30-2)23-27(20)17-7-4-3-5-8-17/h3-5,7-8,15,18H,6,9-14,16H2,1-2H3. The van der Waals surface area contributed by atoms with E-state index in [2.05, 4.69) is 21.9 Å². The highest BCUT2D eigenvalue weighted by Crippen LogP contribution is 2.20. The van der Waals surface area contributed by atoms with Crippen LogP contribution in [0.1, 0.15) is 33.8 Å². The zero-order chi connectivity index (χ0) is 21.1. The van der Waals surface area contributed by atoms with Gasteiger partial charge < -0.3 is 14.5 Å². The minimum Gasteiger partial charge on any atom is -0.464 e. The number of nitrogens with zero attached hydrogens (tertiary/aromatic N) is 5. The maximum atomic E-state index is 13.3. The van der Waals surface area contributed by atoms with E-state index in [1.807, 2.05) is 35.2 Å². The minimum absolute atomic E-state index is 0.109. The summed E-state index contributed by atoms with van der Waals surface area (Å²) in [4.78, 5) is 32.1. The Balaban J connectivity index is 1.50. The molecule has 2 saturated heterocycles. The number of hydrogen-bond donors (Lipinski definition) is 0. The van der Waals surface area contributed by atoms with Crippen LogP contribution in [0.2, 0.25) is 0 Å². The van der Waals surface area contributed by atoms with Gasteiger partial charge in [0.25, 0.3) is 5.91 Å². The molecule has 8 nitrogen and oxygen atoms in total. The lowest BCUT2D eigenvalue weighted by molar-refractivity contribution is 0.0446. The topological polar surface area (TPSA) is 70.9 Å². The largest absolute Gasteiger partial charge is 0.464 e. The van der Waals surface area contributed by atoms with Crippen LogP contribution in [0.25, 0.3) is 5.69 Å². The molecule has 1 amide bonds. The molecule has 2 aromatic rings. The maximum absolute atomic E-state index is 13.3. The van der Waals surface area contributed by atoms with E-state index < -0.39 is 5.97 Å². The molecular weight excluding hydrogens is 382 g/mol. The molecular formula is C22H29N5O3. The average molecular weight is 412 g/mol. The van der Waals surface area contributed by atoms with Crippen molar-refractivity contribution in [2.45, 2.75) is 18.9 Å². The van der Waals surface area contributed by atoms with Crippen LogP contribution in [0.3, 0.4) is 0 Å². The van der Waals surface area contributed by atoms with E-state index in [0.717, 1.165) is 25.3 Å². The van der Waals surface area contributed by atoms with Gasteiger partial charge in [-0.1, -0.05) is 18.2 Å². The van der Waals surface area contributed by atoms with Crippen LogP contribution in [0.15, 0.2) is 36.4 Å². The molecule has 1 unspecified atom stereocenters. The zero-order valence-corrected chi connectivity index (χ0v) is 17.7. The number of aromatic nitrogens is 2. The number of benzene rings is 1. The van der Waals surface area contributed by atoms with Crippen LogP contribution in [0.5, 0.6) is 0 Å². The predicted octanol–water partition coefficient (Wildman–Crippen LogP) is 1.51. The quantitative estimate of drug-likeness (QED) is 0.711. The second-order valence-corrected chi connectivity index (χ2v) is 8.04. The van der Waals surface area contributed by atoms with E-state index in [1.165, 1.54) is 37.2 Å². The van der Waals surface area contributed by atoms with E-state index in [9.17, 15) is 9.59 Å². The zero-order valence-electron chi connectivity index (χ0n) is 17.7. The molecule has 2 aliphatic heterocycles. The van der Waals surface area contributed by atoms with Crippen LogP contribution >= 0.6 is 0 Å². The van der Waals surface area contributed by atoms with Crippen LogP contribution < -0.4 is 0 Å². The van der Waals surface area contributed by atoms with Gasteiger partial charge in [-0.2, -0.15) is 5.10 Å². The number of methoxy groups -OCH3 is 1. The van der Waals surface area contributed by atoms with Gasteiger partial charge in [0, 0.05) is 44.8 Å². The lowest BCUT2D eigenvalue weighted by Crippen LogP contribution is -2.55. The Morgan fingerprint density at radius 1 is 1.07 bits per heavy atom. The number of carbonyl (C=O) groups is 2. The number of likely N-dealkylation sites (tertiary alicyclic amines) is 1. The first-order chi connectivity index (χ1) is 14.6. The number of amides is 1. The summed E-state index contributed by atoms with van der Waals surface area (Å²) in [5.74, 6) is -0.660. The summed E-state index contributed by atoms with van der Waals surface area (Å²) in [7, 11) is 3.49. The molecule has 0 saturated carbocycles. The number of ether oxygens (including phenoxy) is 1. The Labute approximate surface area is 177 Å². The molecule has 0 N–H and O–H groups in total. The fourth-order valence-corrected chi connectivity index (χ4v) is 4.39. The van der Waals surface area contributed by atoms with Gasteiger partial charge in [0.1, 0.15) is 5.69 Å². The Morgan fingerprint density at radius 2 is 1.80 bits per heavy atom. The molecule has 160 valence electrons. The fourth-order valence-electron chi connectivity index (χ4n) is 4.39. The molecule has 1 aromatic carbocycles. The van der Waals surface area contributed by atoms with E-state index in [-0.39, 0.29) is 11.6 Å². The van der Waals surface area contributed by atoms with Gasteiger partial charge in [0.2, 0.25) is 0 Å². The van der Waals surface area contributed by atoms with Gasteiger partial charge in [0.05, 0.1) is 12.8 Å². The van der Waals surface area contributed by atoms with Crippen LogP contribution in [0, 0.1) is 0 Å². The molecule has 4 rings (SSSR count). The number of piperidine rings is 1. The van der Waals surface area contributed by atoms with Crippen molar-refractivity contribution in [1.29, 1.82) is 0 Å². The van der Waals surface area contributed by atoms with E-state index in [0.29, 0.717) is 24.8 Å². The second-order valence-electron chi connectivity index (χ2n) is 8.04. The highest BCUT2D eigenvalue weighted by Gasteiger charge is 2.31. The Morgan fingerprint density at radius 3 is 2.47 bits per heavy atom. The number of carbonyl (C=O) groups excluding carboxylic acids is 2. The molecule has 8 heteroatoms. The molecule has 0 bridgehead atoms. The maximum Gasteiger partial charge on any atom is 0.358 e. The molecule has 1 atom stereocenters. The van der Waals surface area contributed by atoms with Gasteiger partial charge in [-0.05, 0) is 38.6 Å². The van der Waals surface area contributed by atoms with E-state index in [4.69, 9.17) is 4.74 Å². The predicted molar refractivity (Wildman–Crippen MR) is 113 cm³/mol. The summed E-state index contributed by atoms with van der Waals surface area (Å²) >= 11 is 0. The SMILES string of the molecule is COC(=O)c1cc(C(=O)N2CCN(C3CCCN(C)C3)CC2)n(-c2ccccc2)n1. The van der Waals surface area contributed by atoms with Gasteiger partial charge in [-0.3, -0.25) is 9.69 Å². The summed E-state index contributed by atoms with van der Waals surface area (Å²) in [5, 5.41) is 4.34. The van der Waals surface area contributed by atoms with Crippen LogP contribution in [0.4, 0.5) is 0 Å². The summed E-state index contributed by atoms with van der Waals surface area (Å²) in [6.45, 7) is 5.35. The highest BCUT2D eigenvalue weighted by atomic mass is 16.5.